The second-order valence-electron chi connectivity index (χ2n) is 4.19. The fraction of sp³-hybridized carbons (Fsp3) is 0.231. The largest absolute Gasteiger partial charge is 0.433 e. The van der Waals surface area contributed by atoms with E-state index < -0.39 is 11.9 Å². The zero-order valence-corrected chi connectivity index (χ0v) is 10.1. The Hall–Kier alpha value is -1.95. The Kier molecular flexibility index (Phi) is 3.53. The monoisotopic (exact) mass is 267 g/mol. The van der Waals surface area contributed by atoms with Gasteiger partial charge in [0, 0.05) is 24.0 Å². The first-order valence-electron chi connectivity index (χ1n) is 5.63. The molecule has 2 heterocycles. The third kappa shape index (κ3) is 3.08. The highest BCUT2D eigenvalue weighted by Crippen LogP contribution is 2.30. The first kappa shape index (κ1) is 13.5. The second kappa shape index (κ2) is 4.97. The number of alkyl halides is 3. The summed E-state index contributed by atoms with van der Waals surface area (Å²) in [5, 5.41) is 0. The van der Waals surface area contributed by atoms with Gasteiger partial charge in [0.1, 0.15) is 5.69 Å². The van der Waals surface area contributed by atoms with Crippen molar-refractivity contribution in [2.24, 2.45) is 5.73 Å². The van der Waals surface area contributed by atoms with Gasteiger partial charge in [0.2, 0.25) is 0 Å². The molecule has 0 unspecified atom stereocenters. The molecule has 2 rings (SSSR count). The molecule has 0 amide bonds. The molecule has 0 aliphatic carbocycles. The predicted molar refractivity (Wildman–Crippen MR) is 65.1 cm³/mol. The maximum absolute atomic E-state index is 12.6. The van der Waals surface area contributed by atoms with Crippen LogP contribution >= 0.6 is 0 Å². The standard InChI is InChI=1S/C13H12F3N3/c1-8(17)11-3-2-10(7-19-11)9-4-5-18-12(6-9)13(14,15)16/h2-8H,17H2,1H3/t8-/m0/s1. The molecule has 100 valence electrons. The highest BCUT2D eigenvalue weighted by molar-refractivity contribution is 5.62. The van der Waals surface area contributed by atoms with Crippen LogP contribution in [0.4, 0.5) is 13.2 Å². The van der Waals surface area contributed by atoms with Crippen LogP contribution in [0.25, 0.3) is 11.1 Å². The number of rotatable bonds is 2. The highest BCUT2D eigenvalue weighted by Gasteiger charge is 2.32. The molecule has 6 heteroatoms. The van der Waals surface area contributed by atoms with E-state index in [1.807, 2.05) is 0 Å². The van der Waals surface area contributed by atoms with Crippen LogP contribution < -0.4 is 5.73 Å². The molecule has 0 fully saturated rings. The van der Waals surface area contributed by atoms with Crippen LogP contribution in [-0.4, -0.2) is 9.97 Å². The average Bonchev–Trinajstić information content (AvgIpc) is 2.38. The normalized spacial score (nSPS) is 13.3. The van der Waals surface area contributed by atoms with Crippen LogP contribution in [-0.2, 0) is 6.18 Å². The number of pyridine rings is 2. The van der Waals surface area contributed by atoms with Crippen molar-refractivity contribution in [2.45, 2.75) is 19.1 Å². The van der Waals surface area contributed by atoms with Gasteiger partial charge in [0.15, 0.2) is 0 Å². The maximum atomic E-state index is 12.6. The third-order valence-electron chi connectivity index (χ3n) is 2.64. The van der Waals surface area contributed by atoms with Crippen LogP contribution in [0.3, 0.4) is 0 Å². The average molecular weight is 267 g/mol. The number of hydrogen-bond acceptors (Lipinski definition) is 3. The molecule has 0 aromatic carbocycles. The molecule has 3 nitrogen and oxygen atoms in total. The van der Waals surface area contributed by atoms with Gasteiger partial charge in [-0.15, -0.1) is 0 Å². The SMILES string of the molecule is C[C@H](N)c1ccc(-c2ccnc(C(F)(F)F)c2)cn1. The van der Waals surface area contributed by atoms with E-state index in [1.165, 1.54) is 12.3 Å². The minimum absolute atomic E-state index is 0.211. The quantitative estimate of drug-likeness (QED) is 0.909. The molecule has 0 bridgehead atoms. The summed E-state index contributed by atoms with van der Waals surface area (Å²) in [7, 11) is 0. The molecule has 2 aromatic heterocycles. The van der Waals surface area contributed by atoms with Gasteiger partial charge in [-0.1, -0.05) is 6.07 Å². The fourth-order valence-corrected chi connectivity index (χ4v) is 1.61. The Morgan fingerprint density at radius 2 is 1.84 bits per heavy atom. The second-order valence-corrected chi connectivity index (χ2v) is 4.19. The lowest BCUT2D eigenvalue weighted by Gasteiger charge is -2.09. The Morgan fingerprint density at radius 3 is 2.37 bits per heavy atom. The smallest absolute Gasteiger partial charge is 0.323 e. The molecule has 0 saturated carbocycles. The number of nitrogens with two attached hydrogens (primary N) is 1. The van der Waals surface area contributed by atoms with Gasteiger partial charge in [0.05, 0.1) is 5.69 Å². The van der Waals surface area contributed by atoms with E-state index in [4.69, 9.17) is 5.73 Å². The van der Waals surface area contributed by atoms with E-state index in [9.17, 15) is 13.2 Å². The van der Waals surface area contributed by atoms with Crippen molar-refractivity contribution in [3.8, 4) is 11.1 Å². The van der Waals surface area contributed by atoms with Crippen LogP contribution in [0.1, 0.15) is 24.4 Å². The van der Waals surface area contributed by atoms with Crippen molar-refractivity contribution in [1.29, 1.82) is 0 Å². The maximum Gasteiger partial charge on any atom is 0.433 e. The van der Waals surface area contributed by atoms with E-state index in [2.05, 4.69) is 9.97 Å². The summed E-state index contributed by atoms with van der Waals surface area (Å²) in [5.41, 5.74) is 6.45. The zero-order chi connectivity index (χ0) is 14.0. The predicted octanol–water partition coefficient (Wildman–Crippen LogP) is 3.18. The van der Waals surface area contributed by atoms with E-state index in [-0.39, 0.29) is 6.04 Å². The van der Waals surface area contributed by atoms with Crippen molar-refractivity contribution < 1.29 is 13.2 Å². The molecule has 0 saturated heterocycles. The van der Waals surface area contributed by atoms with Gasteiger partial charge >= 0.3 is 6.18 Å². The lowest BCUT2D eigenvalue weighted by atomic mass is 10.1. The number of aromatic nitrogens is 2. The Morgan fingerprint density at radius 1 is 1.11 bits per heavy atom. The van der Waals surface area contributed by atoms with E-state index >= 15 is 0 Å². The van der Waals surface area contributed by atoms with Gasteiger partial charge < -0.3 is 5.73 Å². The first-order chi connectivity index (χ1) is 8.88. The van der Waals surface area contributed by atoms with E-state index in [0.29, 0.717) is 16.8 Å². The summed E-state index contributed by atoms with van der Waals surface area (Å²) in [4.78, 5) is 7.44. The molecule has 0 radical (unpaired) electrons. The van der Waals surface area contributed by atoms with Crippen LogP contribution in [0.2, 0.25) is 0 Å². The minimum atomic E-state index is -4.45. The summed E-state index contributed by atoms with van der Waals surface area (Å²) in [6.45, 7) is 1.79. The van der Waals surface area contributed by atoms with Gasteiger partial charge in [-0.3, -0.25) is 9.97 Å². The summed E-state index contributed by atoms with van der Waals surface area (Å²) in [6, 6.07) is 5.70. The topological polar surface area (TPSA) is 51.8 Å². The van der Waals surface area contributed by atoms with Crippen molar-refractivity contribution in [2.75, 3.05) is 0 Å². The Labute approximate surface area is 108 Å². The molecule has 0 aliphatic heterocycles. The highest BCUT2D eigenvalue weighted by atomic mass is 19.4. The molecule has 2 aromatic rings. The molecule has 0 aliphatic rings. The van der Waals surface area contributed by atoms with Crippen LogP contribution in [0.5, 0.6) is 0 Å². The van der Waals surface area contributed by atoms with Gasteiger partial charge in [-0.25, -0.2) is 0 Å². The number of hydrogen-bond donors (Lipinski definition) is 1. The van der Waals surface area contributed by atoms with Crippen LogP contribution in [0.15, 0.2) is 36.7 Å². The first-order valence-corrected chi connectivity index (χ1v) is 5.63. The molecule has 2 N–H and O–H groups in total. The Bertz CT molecular complexity index is 562. The molecule has 0 spiro atoms. The number of halogens is 3. The van der Waals surface area contributed by atoms with Crippen molar-refractivity contribution in [1.82, 2.24) is 9.97 Å². The summed E-state index contributed by atoms with van der Waals surface area (Å²) in [5.74, 6) is 0. The summed E-state index contributed by atoms with van der Waals surface area (Å²) in [6.07, 6.45) is -1.80. The van der Waals surface area contributed by atoms with Gasteiger partial charge in [-0.05, 0) is 30.7 Å². The minimum Gasteiger partial charge on any atom is -0.323 e. The Balaban J connectivity index is 2.37. The molecule has 1 atom stereocenters. The fourth-order valence-electron chi connectivity index (χ4n) is 1.61. The lowest BCUT2D eigenvalue weighted by Crippen LogP contribution is -2.08. The van der Waals surface area contributed by atoms with E-state index in [0.717, 1.165) is 12.3 Å². The van der Waals surface area contributed by atoms with E-state index in [1.54, 1.807) is 19.1 Å². The number of nitrogens with zero attached hydrogens (tertiary/aromatic N) is 2. The van der Waals surface area contributed by atoms with Crippen molar-refractivity contribution in [3.05, 3.63) is 48.0 Å². The van der Waals surface area contributed by atoms with Gasteiger partial charge in [-0.2, -0.15) is 13.2 Å². The van der Waals surface area contributed by atoms with Gasteiger partial charge in [0.25, 0.3) is 0 Å². The molecular weight excluding hydrogens is 255 g/mol. The van der Waals surface area contributed by atoms with Crippen molar-refractivity contribution in [3.63, 3.8) is 0 Å². The molecule has 19 heavy (non-hydrogen) atoms. The molecular formula is C13H12F3N3. The summed E-state index contributed by atoms with van der Waals surface area (Å²) >= 11 is 0. The van der Waals surface area contributed by atoms with Crippen LogP contribution in [0, 0.1) is 0 Å². The summed E-state index contributed by atoms with van der Waals surface area (Å²) < 4.78 is 37.7. The third-order valence-corrected chi connectivity index (χ3v) is 2.64. The zero-order valence-electron chi connectivity index (χ0n) is 10.1. The lowest BCUT2D eigenvalue weighted by molar-refractivity contribution is -0.141. The van der Waals surface area contributed by atoms with Crippen molar-refractivity contribution >= 4 is 0 Å².